The van der Waals surface area contributed by atoms with E-state index in [-0.39, 0.29) is 49.9 Å². The summed E-state index contributed by atoms with van der Waals surface area (Å²) in [6.07, 6.45) is 56.5. The number of carbonyl (C=O) groups is 1. The fourth-order valence-electron chi connectivity index (χ4n) is 24.9. The van der Waals surface area contributed by atoms with E-state index in [1.807, 2.05) is 31.2 Å². The number of pyridine rings is 1. The molecule has 5 heterocycles. The average molecular weight is 1380 g/mol. The third-order valence-corrected chi connectivity index (χ3v) is 30.5. The Morgan fingerprint density at radius 2 is 0.845 bits per heavy atom. The van der Waals surface area contributed by atoms with E-state index in [1.165, 1.54) is 141 Å². The molecular formula is C91H115N9O3. The Morgan fingerprint density at radius 3 is 1.28 bits per heavy atom. The second-order valence-corrected chi connectivity index (χ2v) is 34.6. The minimum atomic E-state index is -0.613. The van der Waals surface area contributed by atoms with Crippen LogP contribution in [0.2, 0.25) is 0 Å². The average Bonchev–Trinajstić information content (AvgIpc) is 1.66. The number of ether oxygens (including phenoxy) is 1. The van der Waals surface area contributed by atoms with Crippen molar-refractivity contribution in [3.63, 3.8) is 0 Å². The molecule has 542 valence electrons. The number of carboxylic acids is 1. The number of aromatic nitrogens is 9. The molecule has 0 bridgehead atoms. The van der Waals surface area contributed by atoms with Crippen LogP contribution in [0.1, 0.15) is 210 Å². The predicted octanol–water partition coefficient (Wildman–Crippen LogP) is 22.4. The molecule has 3 aromatic carbocycles. The molecule has 18 atom stereocenters. The monoisotopic (exact) mass is 1380 g/mol. The highest BCUT2D eigenvalue weighted by Crippen LogP contribution is 2.70. The second kappa shape index (κ2) is 27.0. The van der Waals surface area contributed by atoms with Crippen LogP contribution in [-0.4, -0.2) is 60.4 Å². The Labute approximate surface area is 613 Å². The van der Waals surface area contributed by atoms with E-state index >= 15 is 0 Å². The SMILES string of the molecule is C.C.C.C[C@]12CCC(C(=O)O)CC1=CCC1C2CC[C@]2(C)C(n3cnc4ccccc43)=CCC12.C[C@]12CC[C@H](OCc3ccncc3)CC1=CCC1C2CC[C@]2(C)C(n3cnc4ccccc43)=CCC12.C[C@]12CC[C@H](n3ccnc3)CC1=CCC1C2CC[C@]2(C)C(n3cnc4ccccc43)=CCC12. The molecule has 10 unspecified atom stereocenters. The highest BCUT2D eigenvalue weighted by atomic mass is 16.5. The lowest BCUT2D eigenvalue weighted by Crippen LogP contribution is -2.50. The number of nitrogens with zero attached hydrogens (tertiary/aromatic N) is 9. The van der Waals surface area contributed by atoms with E-state index in [0.29, 0.717) is 47.3 Å². The second-order valence-electron chi connectivity index (χ2n) is 34.6. The summed E-state index contributed by atoms with van der Waals surface area (Å²) in [5.74, 6) is 5.91. The molecule has 6 fully saturated rings. The summed E-state index contributed by atoms with van der Waals surface area (Å²) in [5, 5.41) is 9.56. The molecule has 0 spiro atoms. The first-order valence-corrected chi connectivity index (χ1v) is 38.7. The van der Waals surface area contributed by atoms with Gasteiger partial charge in [-0.15, -0.1) is 0 Å². The normalized spacial score (nSPS) is 36.3. The van der Waals surface area contributed by atoms with Gasteiger partial charge >= 0.3 is 5.97 Å². The zero-order chi connectivity index (χ0) is 67.9. The van der Waals surface area contributed by atoms with Crippen LogP contribution in [0.4, 0.5) is 0 Å². The molecule has 12 heteroatoms. The number of allylic oxidation sites excluding steroid dienone is 11. The quantitative estimate of drug-likeness (QED) is 0.149. The maximum Gasteiger partial charge on any atom is 0.306 e. The third kappa shape index (κ3) is 11.3. The van der Waals surface area contributed by atoms with Crippen molar-refractivity contribution in [1.82, 2.24) is 43.2 Å². The van der Waals surface area contributed by atoms with Gasteiger partial charge in [0.15, 0.2) is 0 Å². The molecule has 5 aromatic heterocycles. The van der Waals surface area contributed by atoms with Gasteiger partial charge in [-0.2, -0.15) is 0 Å². The van der Waals surface area contributed by atoms with Crippen molar-refractivity contribution in [1.29, 1.82) is 0 Å². The van der Waals surface area contributed by atoms with Crippen molar-refractivity contribution in [2.75, 3.05) is 0 Å². The molecule has 12 nitrogen and oxygen atoms in total. The maximum atomic E-state index is 11.6. The largest absolute Gasteiger partial charge is 0.481 e. The van der Waals surface area contributed by atoms with E-state index in [4.69, 9.17) is 14.7 Å². The summed E-state index contributed by atoms with van der Waals surface area (Å²) in [7, 11) is 0. The highest BCUT2D eigenvalue weighted by molar-refractivity contribution is 5.82. The smallest absolute Gasteiger partial charge is 0.306 e. The molecule has 8 aromatic rings. The lowest BCUT2D eigenvalue weighted by Gasteiger charge is -2.58. The topological polar surface area (TPSA) is 131 Å². The van der Waals surface area contributed by atoms with Crippen LogP contribution in [-0.2, 0) is 16.1 Å². The Bertz CT molecular complexity index is 4660. The molecule has 20 rings (SSSR count). The van der Waals surface area contributed by atoms with E-state index in [2.05, 4.69) is 215 Å². The van der Waals surface area contributed by atoms with Crippen LogP contribution >= 0.6 is 0 Å². The van der Waals surface area contributed by atoms with Gasteiger partial charge in [0.2, 0.25) is 0 Å². The van der Waals surface area contributed by atoms with Gasteiger partial charge in [0.1, 0.15) is 19.0 Å². The maximum absolute atomic E-state index is 11.6. The number of para-hydroxylation sites is 6. The Hall–Kier alpha value is -7.70. The number of carboxylic acid groups (broad SMARTS) is 1. The summed E-state index contributed by atoms with van der Waals surface area (Å²) in [5.41, 5.74) is 19.1. The fraction of sp³-hybridized carbons (Fsp3) is 0.538. The van der Waals surface area contributed by atoms with Crippen molar-refractivity contribution >= 4 is 56.2 Å². The zero-order valence-corrected chi connectivity index (χ0v) is 59.9. The summed E-state index contributed by atoms with van der Waals surface area (Å²) in [6, 6.07) is 30.3. The van der Waals surface area contributed by atoms with Gasteiger partial charge in [-0.1, -0.05) is 153 Å². The molecule has 0 amide bonds. The lowest BCUT2D eigenvalue weighted by atomic mass is 9.47. The molecule has 6 saturated carbocycles. The van der Waals surface area contributed by atoms with Crippen molar-refractivity contribution in [2.45, 2.75) is 217 Å². The van der Waals surface area contributed by atoms with Gasteiger partial charge in [-0.25, -0.2) is 19.9 Å². The standard InChI is InChI=1S/C32H37N3O.C29H34N4.C27H32N2O2.3CH4/c1-31-15-11-24(36-20-22-13-17-33-18-14-22)19-23(31)7-8-25-26-9-10-30(32(26,2)16-12-27(25)31)35-21-34-28-5-3-4-6-29(28)35;1-28-13-11-21(32-16-15-30-18-32)17-20(28)7-8-22-23-9-10-27(29(23,2)14-12-24(22)28)33-19-31-25-5-3-4-6-26(25)33;1-26-13-11-17(25(30)31)15-18(26)7-8-19-20-9-10-24(27(20,2)14-12-21(19)26)29-16-28-22-5-3-4-6-23(22)29;;;/h3-7,10,13-14,17-18,21,24-27H,8-9,11-12,15-16,19-20H2,1-2H3;3-7,10,15-16,18-19,21-24H,8-9,11-14,17H2,1-2H3;3-7,10,16-17,19-21H,8-9,11-15H2,1-2H3,(H,30,31);3*1H4/t24-,25?,26?,27?,31-,32-;21-,22?,23?,24?,28-,29-;17?,19?,20?,21?,26-,27-;;;/m000.../s1. The fourth-order valence-corrected chi connectivity index (χ4v) is 24.9. The zero-order valence-electron chi connectivity index (χ0n) is 59.9. The number of hydrogen-bond donors (Lipinski definition) is 1. The minimum Gasteiger partial charge on any atom is -0.481 e. The summed E-state index contributed by atoms with van der Waals surface area (Å²) in [4.78, 5) is 34.1. The van der Waals surface area contributed by atoms with Crippen LogP contribution < -0.4 is 0 Å². The molecule has 0 aliphatic heterocycles. The van der Waals surface area contributed by atoms with E-state index in [0.717, 1.165) is 90.6 Å². The van der Waals surface area contributed by atoms with Crippen LogP contribution in [0.3, 0.4) is 0 Å². The lowest BCUT2D eigenvalue weighted by molar-refractivity contribution is -0.143. The molecule has 12 aliphatic carbocycles. The van der Waals surface area contributed by atoms with Gasteiger partial charge in [0.25, 0.3) is 0 Å². The summed E-state index contributed by atoms with van der Waals surface area (Å²) in [6.45, 7) is 15.9. The Balaban J connectivity index is 0.000000123. The summed E-state index contributed by atoms with van der Waals surface area (Å²) >= 11 is 0. The summed E-state index contributed by atoms with van der Waals surface area (Å²) < 4.78 is 15.9. The molecule has 103 heavy (non-hydrogen) atoms. The van der Waals surface area contributed by atoms with Crippen molar-refractivity contribution < 1.29 is 14.6 Å². The number of imidazole rings is 4. The Kier molecular flexibility index (Phi) is 18.6. The van der Waals surface area contributed by atoms with Crippen LogP contribution in [0.5, 0.6) is 0 Å². The highest BCUT2D eigenvalue weighted by Gasteiger charge is 2.61. The molecule has 0 radical (unpaired) electrons. The van der Waals surface area contributed by atoms with E-state index in [9.17, 15) is 9.90 Å². The number of benzene rings is 3. The Morgan fingerprint density at radius 1 is 0.437 bits per heavy atom. The first-order chi connectivity index (χ1) is 48.6. The minimum absolute atomic E-state index is 0. The number of rotatable bonds is 8. The van der Waals surface area contributed by atoms with Gasteiger partial charge in [0, 0.05) is 64.2 Å². The van der Waals surface area contributed by atoms with Gasteiger partial charge < -0.3 is 28.1 Å². The van der Waals surface area contributed by atoms with Crippen LogP contribution in [0, 0.1) is 91.7 Å². The van der Waals surface area contributed by atoms with Crippen LogP contribution in [0.25, 0.3) is 50.2 Å². The molecule has 1 N–H and O–H groups in total. The first kappa shape index (κ1) is 70.9. The first-order valence-electron chi connectivity index (χ1n) is 38.7. The van der Waals surface area contributed by atoms with Crippen molar-refractivity contribution in [3.05, 3.63) is 194 Å². The number of aliphatic carboxylic acids is 1. The van der Waals surface area contributed by atoms with E-state index in [1.54, 1.807) is 11.1 Å². The van der Waals surface area contributed by atoms with Crippen LogP contribution in [0.15, 0.2) is 188 Å². The predicted molar refractivity (Wildman–Crippen MR) is 419 cm³/mol. The van der Waals surface area contributed by atoms with Crippen molar-refractivity contribution in [3.8, 4) is 0 Å². The van der Waals surface area contributed by atoms with E-state index < -0.39 is 5.97 Å². The molecule has 12 aliphatic rings. The molecular weight excluding hydrogens is 1270 g/mol. The van der Waals surface area contributed by atoms with Gasteiger partial charge in [-0.3, -0.25) is 9.78 Å². The van der Waals surface area contributed by atoms with Crippen molar-refractivity contribution in [2.24, 2.45) is 91.7 Å². The van der Waals surface area contributed by atoms with Gasteiger partial charge in [0.05, 0.1) is 58.1 Å². The number of fused-ring (bicyclic) bond motifs is 18. The molecule has 0 saturated heterocycles. The van der Waals surface area contributed by atoms with Gasteiger partial charge in [-0.05, 0) is 258 Å². The number of hydrogen-bond acceptors (Lipinski definition) is 7. The third-order valence-electron chi connectivity index (χ3n) is 30.5.